The van der Waals surface area contributed by atoms with Gasteiger partial charge in [-0.2, -0.15) is 0 Å². The van der Waals surface area contributed by atoms with E-state index in [4.69, 9.17) is 9.72 Å². The number of aromatic nitrogens is 2. The molecular weight excluding hydrogens is 394 g/mol. The summed E-state index contributed by atoms with van der Waals surface area (Å²) in [7, 11) is 1.98. The van der Waals surface area contributed by atoms with Crippen LogP contribution in [0.4, 0.5) is 16.2 Å². The zero-order valence-electron chi connectivity index (χ0n) is 17.6. The molecule has 8 heteroatoms. The van der Waals surface area contributed by atoms with Gasteiger partial charge in [0.25, 0.3) is 0 Å². The minimum atomic E-state index is -0.302. The number of para-hydroxylation sites is 1. The first-order valence-corrected chi connectivity index (χ1v) is 10.6. The summed E-state index contributed by atoms with van der Waals surface area (Å²) in [6.45, 7) is 1.26. The summed E-state index contributed by atoms with van der Waals surface area (Å²) in [5.74, 6) is 0.916. The number of carbonyl (C=O) groups is 2. The summed E-state index contributed by atoms with van der Waals surface area (Å²) in [5, 5.41) is 8.59. The van der Waals surface area contributed by atoms with Gasteiger partial charge in [0.2, 0.25) is 5.91 Å². The van der Waals surface area contributed by atoms with E-state index in [1.54, 1.807) is 0 Å². The number of hydrogen-bond donors (Lipinski definition) is 3. The fourth-order valence-corrected chi connectivity index (χ4v) is 3.72. The highest BCUT2D eigenvalue weighted by Gasteiger charge is 2.22. The molecule has 0 bridgehead atoms. The van der Waals surface area contributed by atoms with Crippen molar-refractivity contribution in [2.75, 3.05) is 23.8 Å². The van der Waals surface area contributed by atoms with Crippen LogP contribution in [0.1, 0.15) is 25.1 Å². The van der Waals surface area contributed by atoms with Crippen LogP contribution in [0.3, 0.4) is 0 Å². The summed E-state index contributed by atoms with van der Waals surface area (Å²) >= 11 is 0. The first kappa shape index (κ1) is 20.9. The minimum absolute atomic E-state index is 0.0213. The van der Waals surface area contributed by atoms with Crippen LogP contribution in [0, 0.1) is 0 Å². The van der Waals surface area contributed by atoms with Crippen LogP contribution in [0.2, 0.25) is 0 Å². The Bertz CT molecular complexity index is 1060. The highest BCUT2D eigenvalue weighted by Crippen LogP contribution is 2.21. The van der Waals surface area contributed by atoms with Crippen LogP contribution in [0.25, 0.3) is 11.0 Å². The molecule has 3 amide bonds. The number of nitrogens with one attached hydrogen (secondary N) is 3. The molecule has 1 saturated heterocycles. The lowest BCUT2D eigenvalue weighted by molar-refractivity contribution is -0.130. The maximum absolute atomic E-state index is 12.2. The third kappa shape index (κ3) is 5.21. The first-order valence-electron chi connectivity index (χ1n) is 10.6. The van der Waals surface area contributed by atoms with Crippen LogP contribution in [0.5, 0.6) is 0 Å². The van der Waals surface area contributed by atoms with Crippen LogP contribution >= 0.6 is 0 Å². The highest BCUT2D eigenvalue weighted by atomic mass is 16.5. The molecular formula is C23H27N5O3. The maximum Gasteiger partial charge on any atom is 0.323 e. The number of imidazole rings is 1. The Morgan fingerprint density at radius 2 is 1.94 bits per heavy atom. The predicted molar refractivity (Wildman–Crippen MR) is 120 cm³/mol. The molecule has 2 heterocycles. The van der Waals surface area contributed by atoms with E-state index in [2.05, 4.69) is 16.0 Å². The van der Waals surface area contributed by atoms with Crippen molar-refractivity contribution in [2.45, 2.75) is 31.8 Å². The van der Waals surface area contributed by atoms with Crippen molar-refractivity contribution in [1.29, 1.82) is 0 Å². The van der Waals surface area contributed by atoms with E-state index in [9.17, 15) is 9.59 Å². The number of amides is 3. The van der Waals surface area contributed by atoms with E-state index >= 15 is 0 Å². The lowest BCUT2D eigenvalue weighted by Crippen LogP contribution is -2.34. The molecule has 1 fully saturated rings. The maximum atomic E-state index is 12.2. The Kier molecular flexibility index (Phi) is 6.47. The molecule has 1 aliphatic rings. The summed E-state index contributed by atoms with van der Waals surface area (Å²) < 4.78 is 7.44. The quantitative estimate of drug-likeness (QED) is 0.509. The molecule has 0 unspecified atom stereocenters. The van der Waals surface area contributed by atoms with Gasteiger partial charge in [-0.05, 0) is 49.6 Å². The highest BCUT2D eigenvalue weighted by molar-refractivity contribution is 6.00. The Morgan fingerprint density at radius 3 is 2.71 bits per heavy atom. The number of fused-ring (bicyclic) bond motifs is 1. The van der Waals surface area contributed by atoms with E-state index in [1.807, 2.05) is 60.1 Å². The largest absolute Gasteiger partial charge is 0.368 e. The van der Waals surface area contributed by atoms with Gasteiger partial charge in [-0.3, -0.25) is 4.79 Å². The SMILES string of the molecule is Cn1c(CCCNC(=O)[C@@H]2CCCO2)nc2cc(NC(=O)Nc3ccccc3)ccc21. The molecule has 1 aliphatic heterocycles. The molecule has 1 aromatic heterocycles. The van der Waals surface area contributed by atoms with Crippen LogP contribution in [0.15, 0.2) is 48.5 Å². The molecule has 0 saturated carbocycles. The van der Waals surface area contributed by atoms with Gasteiger partial charge in [0.1, 0.15) is 11.9 Å². The molecule has 3 N–H and O–H groups in total. The second kappa shape index (κ2) is 9.61. The third-order valence-electron chi connectivity index (χ3n) is 5.36. The van der Waals surface area contributed by atoms with Gasteiger partial charge in [0, 0.05) is 38.0 Å². The second-order valence-corrected chi connectivity index (χ2v) is 7.63. The van der Waals surface area contributed by atoms with E-state index in [-0.39, 0.29) is 18.0 Å². The van der Waals surface area contributed by atoms with Crippen molar-refractivity contribution >= 4 is 34.3 Å². The van der Waals surface area contributed by atoms with Crippen LogP contribution in [-0.4, -0.2) is 40.7 Å². The molecule has 2 aromatic carbocycles. The molecule has 0 radical (unpaired) electrons. The summed E-state index contributed by atoms with van der Waals surface area (Å²) in [6, 6.07) is 14.7. The van der Waals surface area contributed by atoms with Gasteiger partial charge < -0.3 is 25.3 Å². The number of urea groups is 1. The predicted octanol–water partition coefficient (Wildman–Crippen LogP) is 3.45. The zero-order valence-corrected chi connectivity index (χ0v) is 17.6. The summed E-state index contributed by atoms with van der Waals surface area (Å²) in [6.07, 6.45) is 2.99. The van der Waals surface area contributed by atoms with Gasteiger partial charge in [0.05, 0.1) is 11.0 Å². The fourth-order valence-electron chi connectivity index (χ4n) is 3.72. The normalized spacial score (nSPS) is 15.7. The standard InChI is InChI=1S/C23H27N5O3/c1-28-19-12-11-17(26-23(30)25-16-7-3-2-4-8-16)15-18(19)27-21(28)10-5-13-24-22(29)20-9-6-14-31-20/h2-4,7-8,11-12,15,20H,5-6,9-10,13-14H2,1H3,(H,24,29)(H2,25,26,30)/t20-/m0/s1. The lowest BCUT2D eigenvalue weighted by Gasteiger charge is -2.10. The summed E-state index contributed by atoms with van der Waals surface area (Å²) in [4.78, 5) is 28.9. The van der Waals surface area contributed by atoms with Crippen LogP contribution in [-0.2, 0) is 23.0 Å². The molecule has 3 aromatic rings. The van der Waals surface area contributed by atoms with Crippen LogP contribution < -0.4 is 16.0 Å². The van der Waals surface area contributed by atoms with Gasteiger partial charge >= 0.3 is 6.03 Å². The topological polar surface area (TPSA) is 97.3 Å². The number of ether oxygens (including phenoxy) is 1. The van der Waals surface area contributed by atoms with Gasteiger partial charge in [-0.1, -0.05) is 18.2 Å². The first-order chi connectivity index (χ1) is 15.1. The number of aryl methyl sites for hydroxylation is 2. The van der Waals surface area contributed by atoms with Crippen molar-refractivity contribution in [1.82, 2.24) is 14.9 Å². The number of benzene rings is 2. The molecule has 0 aliphatic carbocycles. The molecule has 4 rings (SSSR count). The number of nitrogens with zero attached hydrogens (tertiary/aromatic N) is 2. The van der Waals surface area contributed by atoms with Crippen molar-refractivity contribution in [3.63, 3.8) is 0 Å². The Labute approximate surface area is 181 Å². The average molecular weight is 422 g/mol. The summed E-state index contributed by atoms with van der Waals surface area (Å²) in [5.41, 5.74) is 3.22. The number of carbonyl (C=O) groups excluding carboxylic acids is 2. The second-order valence-electron chi connectivity index (χ2n) is 7.63. The lowest BCUT2D eigenvalue weighted by atomic mass is 10.2. The Morgan fingerprint density at radius 1 is 1.13 bits per heavy atom. The van der Waals surface area contributed by atoms with E-state index in [0.717, 1.165) is 48.2 Å². The molecule has 31 heavy (non-hydrogen) atoms. The fraction of sp³-hybridized carbons (Fsp3) is 0.348. The Balaban J connectivity index is 1.32. The number of rotatable bonds is 7. The van der Waals surface area contributed by atoms with Gasteiger partial charge in [-0.25, -0.2) is 9.78 Å². The Hall–Kier alpha value is -3.39. The monoisotopic (exact) mass is 421 g/mol. The molecule has 0 spiro atoms. The van der Waals surface area contributed by atoms with Crippen molar-refractivity contribution < 1.29 is 14.3 Å². The molecule has 162 valence electrons. The van der Waals surface area contributed by atoms with E-state index in [1.165, 1.54) is 0 Å². The van der Waals surface area contributed by atoms with Crippen molar-refractivity contribution in [2.24, 2.45) is 7.05 Å². The van der Waals surface area contributed by atoms with Crippen molar-refractivity contribution in [3.8, 4) is 0 Å². The molecule has 1 atom stereocenters. The van der Waals surface area contributed by atoms with E-state index < -0.39 is 0 Å². The van der Waals surface area contributed by atoms with E-state index in [0.29, 0.717) is 18.8 Å². The third-order valence-corrected chi connectivity index (χ3v) is 5.36. The smallest absolute Gasteiger partial charge is 0.323 e. The van der Waals surface area contributed by atoms with Gasteiger partial charge in [-0.15, -0.1) is 0 Å². The van der Waals surface area contributed by atoms with Crippen molar-refractivity contribution in [3.05, 3.63) is 54.4 Å². The number of hydrogen-bond acceptors (Lipinski definition) is 4. The zero-order chi connectivity index (χ0) is 21.6. The van der Waals surface area contributed by atoms with Gasteiger partial charge in [0.15, 0.2) is 0 Å². The number of anilines is 2. The molecule has 8 nitrogen and oxygen atoms in total. The average Bonchev–Trinajstić information content (AvgIpc) is 3.40. The minimum Gasteiger partial charge on any atom is -0.368 e.